The van der Waals surface area contributed by atoms with Gasteiger partial charge in [-0.25, -0.2) is 0 Å². The zero-order valence-electron chi connectivity index (χ0n) is 12.9. The minimum Gasteiger partial charge on any atom is -0.299 e. The molecule has 2 aliphatic rings. The maximum absolute atomic E-state index is 12.1. The molecule has 0 bridgehead atoms. The molecular weight excluding hydrogens is 330 g/mol. The Bertz CT molecular complexity index is 540. The predicted octanol–water partition coefficient (Wildman–Crippen LogP) is 3.08. The van der Waals surface area contributed by atoms with E-state index in [9.17, 15) is 4.79 Å². The molecule has 1 aliphatic carbocycles. The van der Waals surface area contributed by atoms with Gasteiger partial charge in [0.05, 0.1) is 15.9 Å². The van der Waals surface area contributed by atoms with Gasteiger partial charge in [0.2, 0.25) is 0 Å². The van der Waals surface area contributed by atoms with Gasteiger partial charge in [0.15, 0.2) is 0 Å². The molecule has 1 saturated carbocycles. The zero-order chi connectivity index (χ0) is 15.0. The maximum atomic E-state index is 12.1. The number of ketones is 1. The molecule has 2 heterocycles. The van der Waals surface area contributed by atoms with Crippen LogP contribution in [0.3, 0.4) is 0 Å². The minimum atomic E-state index is 0.283. The van der Waals surface area contributed by atoms with E-state index in [0.717, 1.165) is 48.9 Å². The van der Waals surface area contributed by atoms with Crippen LogP contribution in [0.5, 0.6) is 0 Å². The van der Waals surface area contributed by atoms with Crippen LogP contribution in [0.4, 0.5) is 0 Å². The normalized spacial score (nSPS) is 26.9. The molecule has 2 atom stereocenters. The molecule has 1 aliphatic heterocycles. The number of halogens is 1. The molecule has 3 rings (SSSR count). The van der Waals surface area contributed by atoms with Crippen LogP contribution >= 0.6 is 15.9 Å². The average molecular weight is 354 g/mol. The molecule has 21 heavy (non-hydrogen) atoms. The van der Waals surface area contributed by atoms with Crippen molar-refractivity contribution in [3.63, 3.8) is 0 Å². The van der Waals surface area contributed by atoms with Gasteiger partial charge in [0.25, 0.3) is 0 Å². The average Bonchev–Trinajstić information content (AvgIpc) is 3.14. The Morgan fingerprint density at radius 2 is 2.14 bits per heavy atom. The lowest BCUT2D eigenvalue weighted by Gasteiger charge is -2.28. The first-order valence-electron chi connectivity index (χ1n) is 8.08. The number of Topliss-reactive ketones (excluding diaryl/α,β-unsaturated/α-hetero) is 1. The molecule has 1 aromatic rings. The fourth-order valence-electron chi connectivity index (χ4n) is 3.94. The number of hydrogen-bond acceptors (Lipinski definition) is 3. The summed E-state index contributed by atoms with van der Waals surface area (Å²) in [6.07, 6.45) is 6.30. The number of carbonyl (C=O) groups is 1. The quantitative estimate of drug-likeness (QED) is 0.834. The van der Waals surface area contributed by atoms with E-state index < -0.39 is 0 Å². The third-order valence-electron chi connectivity index (χ3n) is 5.09. The number of hydrogen-bond donors (Lipinski definition) is 0. The number of aryl methyl sites for hydroxylation is 2. The van der Waals surface area contributed by atoms with Crippen LogP contribution in [0.25, 0.3) is 0 Å². The lowest BCUT2D eigenvalue weighted by Crippen LogP contribution is -2.37. The van der Waals surface area contributed by atoms with Crippen molar-refractivity contribution in [1.29, 1.82) is 0 Å². The Hall–Kier alpha value is -0.680. The Morgan fingerprint density at radius 1 is 1.33 bits per heavy atom. The van der Waals surface area contributed by atoms with Crippen LogP contribution in [0.1, 0.15) is 50.4 Å². The van der Waals surface area contributed by atoms with E-state index in [1.54, 1.807) is 0 Å². The molecule has 2 unspecified atom stereocenters. The second-order valence-corrected chi connectivity index (χ2v) is 7.12. The largest absolute Gasteiger partial charge is 0.299 e. The molecule has 2 fully saturated rings. The summed E-state index contributed by atoms with van der Waals surface area (Å²) in [5, 5.41) is 4.58. The van der Waals surface area contributed by atoms with Crippen molar-refractivity contribution < 1.29 is 4.79 Å². The van der Waals surface area contributed by atoms with Crippen molar-refractivity contribution in [3.8, 4) is 0 Å². The number of rotatable bonds is 4. The predicted molar refractivity (Wildman–Crippen MR) is 86.1 cm³/mol. The van der Waals surface area contributed by atoms with E-state index >= 15 is 0 Å². The summed E-state index contributed by atoms with van der Waals surface area (Å²) in [4.78, 5) is 14.6. The smallest absolute Gasteiger partial charge is 0.137 e. The molecule has 0 aromatic carbocycles. The van der Waals surface area contributed by atoms with Gasteiger partial charge in [-0.3, -0.25) is 14.4 Å². The molecule has 0 spiro atoms. The summed E-state index contributed by atoms with van der Waals surface area (Å²) in [5.74, 6) is 0.773. The van der Waals surface area contributed by atoms with Gasteiger partial charge >= 0.3 is 0 Å². The van der Waals surface area contributed by atoms with Crippen molar-refractivity contribution in [1.82, 2.24) is 14.7 Å². The first-order chi connectivity index (χ1) is 10.1. The van der Waals surface area contributed by atoms with Crippen molar-refractivity contribution in [2.45, 2.75) is 58.0 Å². The van der Waals surface area contributed by atoms with Crippen LogP contribution in [0.2, 0.25) is 0 Å². The molecule has 0 radical (unpaired) electrons. The highest BCUT2D eigenvalue weighted by Gasteiger charge is 2.38. The van der Waals surface area contributed by atoms with Crippen LogP contribution < -0.4 is 0 Å². The monoisotopic (exact) mass is 353 g/mol. The van der Waals surface area contributed by atoms with Crippen LogP contribution in [0.15, 0.2) is 4.47 Å². The first-order valence-corrected chi connectivity index (χ1v) is 8.88. The Balaban J connectivity index is 1.77. The van der Waals surface area contributed by atoms with Gasteiger partial charge in [-0.2, -0.15) is 5.10 Å². The SMILES string of the molecule is CCc1nn(C)c(CN2CCCC2C2CCCC2=O)c1Br. The lowest BCUT2D eigenvalue weighted by molar-refractivity contribution is -0.122. The third-order valence-corrected chi connectivity index (χ3v) is 6.00. The number of likely N-dealkylation sites (tertiary alicyclic amines) is 1. The molecule has 4 nitrogen and oxygen atoms in total. The zero-order valence-corrected chi connectivity index (χ0v) is 14.5. The molecule has 0 amide bonds. The van der Waals surface area contributed by atoms with Crippen molar-refractivity contribution in [3.05, 3.63) is 15.9 Å². The Labute approximate surface area is 135 Å². The molecule has 116 valence electrons. The summed E-state index contributed by atoms with van der Waals surface area (Å²) in [7, 11) is 2.02. The Morgan fingerprint density at radius 3 is 2.76 bits per heavy atom. The second-order valence-electron chi connectivity index (χ2n) is 6.33. The van der Waals surface area contributed by atoms with Gasteiger partial charge in [-0.15, -0.1) is 0 Å². The standard InChI is InChI=1S/C16H24BrN3O/c1-3-12-16(17)14(19(2)18-12)10-20-9-5-7-13(20)11-6-4-8-15(11)21/h11,13H,3-10H2,1-2H3. The topological polar surface area (TPSA) is 38.1 Å². The van der Waals surface area contributed by atoms with E-state index in [4.69, 9.17) is 0 Å². The van der Waals surface area contributed by atoms with Crippen LogP contribution in [-0.4, -0.2) is 33.1 Å². The lowest BCUT2D eigenvalue weighted by atomic mass is 9.95. The summed E-state index contributed by atoms with van der Waals surface area (Å²) in [5.41, 5.74) is 2.37. The van der Waals surface area contributed by atoms with Gasteiger partial charge in [-0.05, 0) is 54.6 Å². The first kappa shape index (κ1) is 15.2. The highest BCUT2D eigenvalue weighted by molar-refractivity contribution is 9.10. The number of nitrogens with zero attached hydrogens (tertiary/aromatic N) is 3. The highest BCUT2D eigenvalue weighted by Crippen LogP contribution is 2.35. The van der Waals surface area contributed by atoms with E-state index in [0.29, 0.717) is 11.8 Å². The van der Waals surface area contributed by atoms with Crippen molar-refractivity contribution in [2.75, 3.05) is 6.54 Å². The van der Waals surface area contributed by atoms with E-state index in [-0.39, 0.29) is 5.92 Å². The van der Waals surface area contributed by atoms with Crippen LogP contribution in [0, 0.1) is 5.92 Å². The molecule has 1 aromatic heterocycles. The fraction of sp³-hybridized carbons (Fsp3) is 0.750. The van der Waals surface area contributed by atoms with Gasteiger partial charge in [0, 0.05) is 32.0 Å². The van der Waals surface area contributed by atoms with Crippen molar-refractivity contribution >= 4 is 21.7 Å². The third kappa shape index (κ3) is 2.82. The molecule has 1 saturated heterocycles. The number of carbonyl (C=O) groups excluding carboxylic acids is 1. The van der Waals surface area contributed by atoms with E-state index in [1.807, 2.05) is 11.7 Å². The molecule has 0 N–H and O–H groups in total. The summed E-state index contributed by atoms with van der Waals surface area (Å²) in [6, 6.07) is 0.451. The maximum Gasteiger partial charge on any atom is 0.137 e. The van der Waals surface area contributed by atoms with Gasteiger partial charge < -0.3 is 0 Å². The fourth-order valence-corrected chi connectivity index (χ4v) is 4.68. The van der Waals surface area contributed by atoms with Crippen molar-refractivity contribution in [2.24, 2.45) is 13.0 Å². The van der Waals surface area contributed by atoms with Gasteiger partial charge in [-0.1, -0.05) is 6.92 Å². The molecule has 5 heteroatoms. The number of aromatic nitrogens is 2. The summed E-state index contributed by atoms with van der Waals surface area (Å²) < 4.78 is 3.14. The minimum absolute atomic E-state index is 0.283. The summed E-state index contributed by atoms with van der Waals surface area (Å²) >= 11 is 3.71. The second kappa shape index (κ2) is 6.21. The summed E-state index contributed by atoms with van der Waals surface area (Å²) in [6.45, 7) is 4.14. The Kier molecular flexibility index (Phi) is 4.50. The highest BCUT2D eigenvalue weighted by atomic mass is 79.9. The van der Waals surface area contributed by atoms with Crippen LogP contribution in [-0.2, 0) is 24.8 Å². The van der Waals surface area contributed by atoms with Gasteiger partial charge in [0.1, 0.15) is 5.78 Å². The van der Waals surface area contributed by atoms with E-state index in [1.165, 1.54) is 18.5 Å². The van der Waals surface area contributed by atoms with E-state index in [2.05, 4.69) is 32.9 Å². The molecular formula is C16H24BrN3O.